The van der Waals surface area contributed by atoms with Crippen LogP contribution in [-0.2, 0) is 14.3 Å². The van der Waals surface area contributed by atoms with Crippen LogP contribution in [0.1, 0.15) is 108 Å². The summed E-state index contributed by atoms with van der Waals surface area (Å²) in [5.41, 5.74) is 3.72. The maximum atomic E-state index is 14.6. The van der Waals surface area contributed by atoms with Gasteiger partial charge in [-0.2, -0.15) is 0 Å². The van der Waals surface area contributed by atoms with Gasteiger partial charge in [0, 0.05) is 12.2 Å². The van der Waals surface area contributed by atoms with Crippen molar-refractivity contribution in [1.29, 1.82) is 0 Å². The molecule has 0 saturated carbocycles. The number of alkyl carbamates (subject to hydrolysis) is 1. The molecular formula is C35H53N3O4. The molecule has 42 heavy (non-hydrogen) atoms. The number of benzene rings is 2. The second-order valence-corrected chi connectivity index (χ2v) is 12.5. The monoisotopic (exact) mass is 579 g/mol. The van der Waals surface area contributed by atoms with Crippen LogP contribution in [0, 0.1) is 26.7 Å². The SMILES string of the molecule is CCCCCCCN(C(=O)C(NC(=O)OC(C)(C)C)C(C)CC)C(C(=O)Nc1ccccc1C)c1cccc(C)c1C. The van der Waals surface area contributed by atoms with Crippen molar-refractivity contribution in [2.45, 2.75) is 119 Å². The van der Waals surface area contributed by atoms with Gasteiger partial charge in [-0.3, -0.25) is 9.59 Å². The van der Waals surface area contributed by atoms with Gasteiger partial charge in [-0.05, 0) is 82.2 Å². The lowest BCUT2D eigenvalue weighted by molar-refractivity contribution is -0.142. The van der Waals surface area contributed by atoms with Crippen LogP contribution in [0.25, 0.3) is 0 Å². The van der Waals surface area contributed by atoms with Crippen LogP contribution >= 0.6 is 0 Å². The number of para-hydroxylation sites is 1. The molecule has 0 spiro atoms. The minimum Gasteiger partial charge on any atom is -0.444 e. The highest BCUT2D eigenvalue weighted by Crippen LogP contribution is 2.30. The van der Waals surface area contributed by atoms with Gasteiger partial charge in [0.15, 0.2) is 0 Å². The minimum absolute atomic E-state index is 0.175. The van der Waals surface area contributed by atoms with Crippen molar-refractivity contribution in [2.75, 3.05) is 11.9 Å². The van der Waals surface area contributed by atoms with E-state index in [2.05, 4.69) is 17.6 Å². The molecular weight excluding hydrogens is 526 g/mol. The van der Waals surface area contributed by atoms with Crippen molar-refractivity contribution >= 4 is 23.6 Å². The van der Waals surface area contributed by atoms with Crippen molar-refractivity contribution in [3.05, 3.63) is 64.7 Å². The lowest BCUT2D eigenvalue weighted by atomic mass is 9.92. The average Bonchev–Trinajstić information content (AvgIpc) is 2.92. The zero-order chi connectivity index (χ0) is 31.4. The summed E-state index contributed by atoms with van der Waals surface area (Å²) in [6.45, 7) is 17.8. The van der Waals surface area contributed by atoms with E-state index in [4.69, 9.17) is 4.74 Å². The highest BCUT2D eigenvalue weighted by molar-refractivity contribution is 5.99. The fourth-order valence-electron chi connectivity index (χ4n) is 4.98. The first kappa shape index (κ1) is 34.8. The zero-order valence-electron chi connectivity index (χ0n) is 27.3. The maximum Gasteiger partial charge on any atom is 0.408 e. The van der Waals surface area contributed by atoms with Crippen LogP contribution in [0.2, 0.25) is 0 Å². The molecule has 3 unspecified atom stereocenters. The number of aryl methyl sites for hydroxylation is 2. The van der Waals surface area contributed by atoms with Gasteiger partial charge in [-0.25, -0.2) is 4.79 Å². The van der Waals surface area contributed by atoms with Gasteiger partial charge in [-0.15, -0.1) is 0 Å². The van der Waals surface area contributed by atoms with E-state index in [1.807, 2.05) is 77.1 Å². The third-order valence-electron chi connectivity index (χ3n) is 7.84. The summed E-state index contributed by atoms with van der Waals surface area (Å²) in [6.07, 6.45) is 5.03. The first-order chi connectivity index (χ1) is 19.8. The predicted octanol–water partition coefficient (Wildman–Crippen LogP) is 8.03. The Bertz CT molecular complexity index is 1190. The molecule has 7 heteroatoms. The number of hydrogen-bond acceptors (Lipinski definition) is 4. The normalized spacial score (nSPS) is 13.5. The van der Waals surface area contributed by atoms with E-state index in [-0.39, 0.29) is 17.7 Å². The molecule has 2 aromatic carbocycles. The second kappa shape index (κ2) is 16.3. The Morgan fingerprint density at radius 1 is 0.881 bits per heavy atom. The number of nitrogens with zero attached hydrogens (tertiary/aromatic N) is 1. The van der Waals surface area contributed by atoms with Gasteiger partial charge in [0.1, 0.15) is 17.7 Å². The molecule has 2 aromatic rings. The third kappa shape index (κ3) is 10.2. The van der Waals surface area contributed by atoms with E-state index < -0.39 is 23.8 Å². The van der Waals surface area contributed by atoms with Gasteiger partial charge in [0.2, 0.25) is 5.91 Å². The maximum absolute atomic E-state index is 14.6. The van der Waals surface area contributed by atoms with Crippen LogP contribution < -0.4 is 10.6 Å². The van der Waals surface area contributed by atoms with E-state index in [1.54, 1.807) is 25.7 Å². The smallest absolute Gasteiger partial charge is 0.408 e. The summed E-state index contributed by atoms with van der Waals surface area (Å²) in [5, 5.41) is 5.97. The Morgan fingerprint density at radius 3 is 2.14 bits per heavy atom. The molecule has 2 N–H and O–H groups in total. The Kier molecular flexibility index (Phi) is 13.5. The Hall–Kier alpha value is -3.35. The van der Waals surface area contributed by atoms with Crippen molar-refractivity contribution in [3.8, 4) is 0 Å². The van der Waals surface area contributed by atoms with E-state index in [0.717, 1.165) is 54.4 Å². The summed E-state index contributed by atoms with van der Waals surface area (Å²) >= 11 is 0. The van der Waals surface area contributed by atoms with E-state index in [9.17, 15) is 14.4 Å². The topological polar surface area (TPSA) is 87.7 Å². The summed E-state index contributed by atoms with van der Waals surface area (Å²) < 4.78 is 5.54. The standard InChI is InChI=1S/C35H53N3O4/c1-10-12-13-14-17-23-38(33(40)30(24(3)11-2)37-34(41)42-35(7,8)9)31(28-21-18-20-25(4)27(28)6)32(39)36-29-22-16-15-19-26(29)5/h15-16,18-22,24,30-31H,10-14,17,23H2,1-9H3,(H,36,39)(H,37,41). The largest absolute Gasteiger partial charge is 0.444 e. The molecule has 7 nitrogen and oxygen atoms in total. The molecule has 0 radical (unpaired) electrons. The van der Waals surface area contributed by atoms with Gasteiger partial charge in [0.05, 0.1) is 0 Å². The molecule has 232 valence electrons. The highest BCUT2D eigenvalue weighted by Gasteiger charge is 2.38. The van der Waals surface area contributed by atoms with Crippen molar-refractivity contribution in [2.24, 2.45) is 5.92 Å². The number of amides is 3. The third-order valence-corrected chi connectivity index (χ3v) is 7.84. The fraction of sp³-hybridized carbons (Fsp3) is 0.571. The Labute approximate surface area is 253 Å². The Morgan fingerprint density at radius 2 is 1.52 bits per heavy atom. The van der Waals surface area contributed by atoms with Crippen molar-refractivity contribution in [1.82, 2.24) is 10.2 Å². The molecule has 0 aliphatic heterocycles. The van der Waals surface area contributed by atoms with Gasteiger partial charge >= 0.3 is 6.09 Å². The van der Waals surface area contributed by atoms with Gasteiger partial charge < -0.3 is 20.3 Å². The van der Waals surface area contributed by atoms with Crippen LogP contribution in [0.15, 0.2) is 42.5 Å². The van der Waals surface area contributed by atoms with E-state index in [0.29, 0.717) is 18.7 Å². The number of hydrogen-bond donors (Lipinski definition) is 2. The lowest BCUT2D eigenvalue weighted by Crippen LogP contribution is -2.55. The van der Waals surface area contributed by atoms with Gasteiger partial charge in [-0.1, -0.05) is 89.3 Å². The first-order valence-electron chi connectivity index (χ1n) is 15.5. The van der Waals surface area contributed by atoms with E-state index >= 15 is 0 Å². The van der Waals surface area contributed by atoms with Crippen LogP contribution in [-0.4, -0.2) is 41.0 Å². The number of carbonyl (C=O) groups is 3. The summed E-state index contributed by atoms with van der Waals surface area (Å²) in [5.74, 6) is -0.733. The summed E-state index contributed by atoms with van der Waals surface area (Å²) in [6, 6.07) is 11.8. The number of rotatable bonds is 14. The molecule has 3 amide bonds. The number of carbonyl (C=O) groups excluding carboxylic acids is 3. The molecule has 0 heterocycles. The predicted molar refractivity (Wildman–Crippen MR) is 172 cm³/mol. The lowest BCUT2D eigenvalue weighted by Gasteiger charge is -2.37. The molecule has 0 aliphatic rings. The first-order valence-corrected chi connectivity index (χ1v) is 15.5. The highest BCUT2D eigenvalue weighted by atomic mass is 16.6. The number of anilines is 1. The Balaban J connectivity index is 2.62. The second-order valence-electron chi connectivity index (χ2n) is 12.5. The minimum atomic E-state index is -0.879. The number of ether oxygens (including phenoxy) is 1. The molecule has 0 bridgehead atoms. The quantitative estimate of drug-likeness (QED) is 0.222. The molecule has 3 atom stereocenters. The molecule has 0 aliphatic carbocycles. The van der Waals surface area contributed by atoms with Crippen molar-refractivity contribution < 1.29 is 19.1 Å². The summed E-state index contributed by atoms with van der Waals surface area (Å²) in [4.78, 5) is 43.4. The summed E-state index contributed by atoms with van der Waals surface area (Å²) in [7, 11) is 0. The average molecular weight is 580 g/mol. The molecule has 2 rings (SSSR count). The number of nitrogens with one attached hydrogen (secondary N) is 2. The molecule has 0 fully saturated rings. The van der Waals surface area contributed by atoms with Crippen molar-refractivity contribution in [3.63, 3.8) is 0 Å². The van der Waals surface area contributed by atoms with E-state index in [1.165, 1.54) is 0 Å². The van der Waals surface area contributed by atoms with Crippen LogP contribution in [0.3, 0.4) is 0 Å². The van der Waals surface area contributed by atoms with Crippen LogP contribution in [0.5, 0.6) is 0 Å². The van der Waals surface area contributed by atoms with Gasteiger partial charge in [0.25, 0.3) is 5.91 Å². The fourth-order valence-corrected chi connectivity index (χ4v) is 4.98. The molecule has 0 saturated heterocycles. The zero-order valence-corrected chi connectivity index (χ0v) is 27.3. The van der Waals surface area contributed by atoms with Crippen LogP contribution in [0.4, 0.5) is 10.5 Å². The molecule has 0 aromatic heterocycles. The number of unbranched alkanes of at least 4 members (excludes halogenated alkanes) is 4.